The molecule has 2 aliphatic rings. The van der Waals surface area contributed by atoms with E-state index in [1.54, 1.807) is 0 Å². The van der Waals surface area contributed by atoms with Gasteiger partial charge in [-0.05, 0) is 25.7 Å². The van der Waals surface area contributed by atoms with Gasteiger partial charge in [0.2, 0.25) is 0 Å². The van der Waals surface area contributed by atoms with Crippen molar-refractivity contribution in [2.24, 2.45) is 5.92 Å². The molecule has 1 fully saturated rings. The maximum absolute atomic E-state index is 12.3. The molecule has 0 bridgehead atoms. The highest BCUT2D eigenvalue weighted by Crippen LogP contribution is 2.27. The lowest BCUT2D eigenvalue weighted by molar-refractivity contribution is 0.0988. The Hall–Kier alpha value is -1.73. The number of aryl methyl sites for hydroxylation is 1. The van der Waals surface area contributed by atoms with Crippen LogP contribution in [0.5, 0.6) is 0 Å². The third-order valence-electron chi connectivity index (χ3n) is 5.12. The number of carbonyl (C=O) groups excluding carboxylic acids is 1. The van der Waals surface area contributed by atoms with Crippen LogP contribution in [0.25, 0.3) is 0 Å². The molecule has 4 rings (SSSR count). The van der Waals surface area contributed by atoms with Gasteiger partial charge >= 0.3 is 5.91 Å². The Labute approximate surface area is 151 Å². The van der Waals surface area contributed by atoms with Crippen molar-refractivity contribution in [1.82, 2.24) is 14.9 Å². The van der Waals surface area contributed by atoms with Crippen LogP contribution in [0.1, 0.15) is 53.5 Å². The Morgan fingerprint density at radius 2 is 2.12 bits per heavy atom. The van der Waals surface area contributed by atoms with Gasteiger partial charge in [-0.15, -0.1) is 11.3 Å². The van der Waals surface area contributed by atoms with Gasteiger partial charge in [-0.1, -0.05) is 12.8 Å². The first-order valence-corrected chi connectivity index (χ1v) is 10.00. The molecular weight excluding hydrogens is 336 g/mol. The van der Waals surface area contributed by atoms with Crippen LogP contribution in [-0.4, -0.2) is 40.4 Å². The number of hydrogen-bond acceptors (Lipinski definition) is 6. The van der Waals surface area contributed by atoms with Crippen molar-refractivity contribution >= 4 is 22.4 Å². The SMILES string of the molecule is Cc1csc(NC(=O)c2nc3c(o2)CCN(CC2CCCC2)CC3)n1. The Morgan fingerprint density at radius 1 is 1.32 bits per heavy atom. The highest BCUT2D eigenvalue weighted by Gasteiger charge is 2.25. The van der Waals surface area contributed by atoms with Gasteiger partial charge < -0.3 is 9.32 Å². The van der Waals surface area contributed by atoms with Gasteiger partial charge in [-0.25, -0.2) is 9.97 Å². The summed E-state index contributed by atoms with van der Waals surface area (Å²) in [4.78, 5) is 23.5. The molecule has 25 heavy (non-hydrogen) atoms. The summed E-state index contributed by atoms with van der Waals surface area (Å²) in [6, 6.07) is 0. The molecule has 0 spiro atoms. The summed E-state index contributed by atoms with van der Waals surface area (Å²) in [6.45, 7) is 5.09. The predicted octanol–water partition coefficient (Wildman–Crippen LogP) is 3.28. The van der Waals surface area contributed by atoms with Crippen LogP contribution in [0.2, 0.25) is 0 Å². The van der Waals surface area contributed by atoms with Crippen molar-refractivity contribution in [3.05, 3.63) is 28.4 Å². The number of aromatic nitrogens is 2. The van der Waals surface area contributed by atoms with E-state index < -0.39 is 0 Å². The first-order chi connectivity index (χ1) is 12.2. The van der Waals surface area contributed by atoms with Crippen LogP contribution in [0.15, 0.2) is 9.80 Å². The molecule has 1 aliphatic carbocycles. The summed E-state index contributed by atoms with van der Waals surface area (Å²) >= 11 is 1.41. The second kappa shape index (κ2) is 7.25. The van der Waals surface area contributed by atoms with Crippen LogP contribution in [-0.2, 0) is 12.8 Å². The molecule has 1 N–H and O–H groups in total. The summed E-state index contributed by atoms with van der Waals surface area (Å²) in [7, 11) is 0. The second-order valence-corrected chi connectivity index (χ2v) is 7.95. The van der Waals surface area contributed by atoms with Crippen LogP contribution >= 0.6 is 11.3 Å². The zero-order valence-electron chi connectivity index (χ0n) is 14.6. The first kappa shape index (κ1) is 16.7. The van der Waals surface area contributed by atoms with Crippen LogP contribution in [0.3, 0.4) is 0 Å². The normalized spacial score (nSPS) is 18.9. The first-order valence-electron chi connectivity index (χ1n) is 9.12. The largest absolute Gasteiger partial charge is 0.437 e. The van der Waals surface area contributed by atoms with Gasteiger partial charge in [0.25, 0.3) is 5.89 Å². The smallest absolute Gasteiger partial charge is 0.313 e. The van der Waals surface area contributed by atoms with Gasteiger partial charge in [-0.2, -0.15) is 0 Å². The maximum atomic E-state index is 12.3. The minimum absolute atomic E-state index is 0.155. The fraction of sp³-hybridized carbons (Fsp3) is 0.611. The number of hydrogen-bond donors (Lipinski definition) is 1. The Kier molecular flexibility index (Phi) is 4.85. The Bertz CT molecular complexity index is 723. The number of anilines is 1. The van der Waals surface area contributed by atoms with Crippen LogP contribution < -0.4 is 5.32 Å². The number of nitrogens with one attached hydrogen (secondary N) is 1. The number of nitrogens with zero attached hydrogens (tertiary/aromatic N) is 3. The Morgan fingerprint density at radius 3 is 2.88 bits per heavy atom. The minimum Gasteiger partial charge on any atom is -0.437 e. The van der Waals surface area contributed by atoms with E-state index in [1.807, 2.05) is 12.3 Å². The van der Waals surface area contributed by atoms with E-state index in [0.717, 1.165) is 49.0 Å². The quantitative estimate of drug-likeness (QED) is 0.906. The van der Waals surface area contributed by atoms with E-state index in [9.17, 15) is 4.79 Å². The second-order valence-electron chi connectivity index (χ2n) is 7.09. The topological polar surface area (TPSA) is 71.3 Å². The van der Waals surface area contributed by atoms with E-state index in [2.05, 4.69) is 20.2 Å². The summed E-state index contributed by atoms with van der Waals surface area (Å²) in [5.41, 5.74) is 1.83. The molecule has 7 heteroatoms. The lowest BCUT2D eigenvalue weighted by atomic mass is 10.1. The molecule has 2 aromatic heterocycles. The zero-order valence-corrected chi connectivity index (χ0v) is 15.4. The van der Waals surface area contributed by atoms with Gasteiger partial charge in [-0.3, -0.25) is 10.1 Å². The summed E-state index contributed by atoms with van der Waals surface area (Å²) in [5.74, 6) is 1.57. The fourth-order valence-corrected chi connectivity index (χ4v) is 4.49. The van der Waals surface area contributed by atoms with Crippen LogP contribution in [0.4, 0.5) is 5.13 Å². The fourth-order valence-electron chi connectivity index (χ4n) is 3.81. The molecule has 0 aromatic carbocycles. The molecule has 6 nitrogen and oxygen atoms in total. The van der Waals surface area contributed by atoms with Crippen molar-refractivity contribution in [3.63, 3.8) is 0 Å². The number of thiazole rings is 1. The number of amides is 1. The molecule has 134 valence electrons. The molecule has 1 aliphatic heterocycles. The van der Waals surface area contributed by atoms with Gasteiger partial charge in [0.15, 0.2) is 5.13 Å². The highest BCUT2D eigenvalue weighted by molar-refractivity contribution is 7.13. The molecule has 1 saturated carbocycles. The average Bonchev–Trinajstić information content (AvgIpc) is 3.30. The van der Waals surface area contributed by atoms with Crippen molar-refractivity contribution < 1.29 is 9.21 Å². The van der Waals surface area contributed by atoms with Crippen molar-refractivity contribution in [3.8, 4) is 0 Å². The monoisotopic (exact) mass is 360 g/mol. The molecule has 2 aromatic rings. The highest BCUT2D eigenvalue weighted by atomic mass is 32.1. The number of oxazole rings is 1. The molecular formula is C18H24N4O2S. The minimum atomic E-state index is -0.315. The molecule has 0 atom stereocenters. The number of rotatable bonds is 4. The maximum Gasteiger partial charge on any atom is 0.313 e. The van der Waals surface area contributed by atoms with E-state index in [-0.39, 0.29) is 11.8 Å². The zero-order chi connectivity index (χ0) is 17.2. The summed E-state index contributed by atoms with van der Waals surface area (Å²) < 4.78 is 5.77. The summed E-state index contributed by atoms with van der Waals surface area (Å²) in [5, 5.41) is 5.25. The van der Waals surface area contributed by atoms with Gasteiger partial charge in [0, 0.05) is 37.9 Å². The standard InChI is InChI=1S/C18H24N4O2S/c1-12-11-25-18(19-12)21-16(23)17-20-14-6-8-22(9-7-15(14)24-17)10-13-4-2-3-5-13/h11,13H,2-10H2,1H3,(H,19,21,23). The van der Waals surface area contributed by atoms with Gasteiger partial charge in [0.05, 0.1) is 11.4 Å². The van der Waals surface area contributed by atoms with Gasteiger partial charge in [0.1, 0.15) is 5.76 Å². The molecule has 1 amide bonds. The third kappa shape index (κ3) is 3.93. The van der Waals surface area contributed by atoms with E-state index in [4.69, 9.17) is 4.42 Å². The lowest BCUT2D eigenvalue weighted by Crippen LogP contribution is -2.31. The lowest BCUT2D eigenvalue weighted by Gasteiger charge is -2.23. The molecule has 0 radical (unpaired) electrons. The molecule has 0 unspecified atom stereocenters. The van der Waals surface area contributed by atoms with E-state index in [0.29, 0.717) is 5.13 Å². The number of carbonyl (C=O) groups is 1. The molecule has 3 heterocycles. The predicted molar refractivity (Wildman–Crippen MR) is 97.1 cm³/mol. The van der Waals surface area contributed by atoms with E-state index >= 15 is 0 Å². The van der Waals surface area contributed by atoms with E-state index in [1.165, 1.54) is 43.6 Å². The van der Waals surface area contributed by atoms with Crippen molar-refractivity contribution in [2.75, 3.05) is 25.0 Å². The Balaban J connectivity index is 1.37. The molecule has 0 saturated heterocycles. The van der Waals surface area contributed by atoms with Crippen molar-refractivity contribution in [2.45, 2.75) is 45.4 Å². The third-order valence-corrected chi connectivity index (χ3v) is 6.00. The summed E-state index contributed by atoms with van der Waals surface area (Å²) in [6.07, 6.45) is 7.21. The average molecular weight is 360 g/mol. The van der Waals surface area contributed by atoms with Crippen LogP contribution in [0, 0.1) is 12.8 Å². The number of fused-ring (bicyclic) bond motifs is 1. The van der Waals surface area contributed by atoms with Crippen molar-refractivity contribution in [1.29, 1.82) is 0 Å².